The molecular weight excluding hydrogens is 330 g/mol. The van der Waals surface area contributed by atoms with E-state index >= 15 is 0 Å². The molecule has 2 aromatic carbocycles. The molecule has 0 radical (unpaired) electrons. The molecule has 0 saturated heterocycles. The van der Waals surface area contributed by atoms with Crippen molar-refractivity contribution in [2.75, 3.05) is 13.7 Å². The molecule has 0 aliphatic heterocycles. The van der Waals surface area contributed by atoms with Crippen LogP contribution in [0.1, 0.15) is 24.1 Å². The predicted molar refractivity (Wildman–Crippen MR) is 88.9 cm³/mol. The summed E-state index contributed by atoms with van der Waals surface area (Å²) in [5.41, 5.74) is 8.49. The summed E-state index contributed by atoms with van der Waals surface area (Å²) >= 11 is 3.49. The Morgan fingerprint density at radius 3 is 2.48 bits per heavy atom. The van der Waals surface area contributed by atoms with Gasteiger partial charge < -0.3 is 15.2 Å². The normalized spacial score (nSPS) is 12.0. The molecule has 2 N–H and O–H groups in total. The van der Waals surface area contributed by atoms with Crippen molar-refractivity contribution in [3.05, 3.63) is 58.1 Å². The first-order valence-corrected chi connectivity index (χ1v) is 7.74. The Balaban J connectivity index is 2.13. The summed E-state index contributed by atoms with van der Waals surface area (Å²) < 4.78 is 11.9. The minimum Gasteiger partial charge on any atom is -0.496 e. The lowest BCUT2D eigenvalue weighted by Gasteiger charge is -2.15. The molecule has 3 nitrogen and oxygen atoms in total. The highest BCUT2D eigenvalue weighted by Crippen LogP contribution is 2.27. The molecule has 0 fully saturated rings. The van der Waals surface area contributed by atoms with Gasteiger partial charge in [-0.3, -0.25) is 0 Å². The van der Waals surface area contributed by atoms with Crippen molar-refractivity contribution in [3.8, 4) is 11.5 Å². The average Bonchev–Trinajstić information content (AvgIpc) is 2.48. The second-order valence-corrected chi connectivity index (χ2v) is 5.68. The van der Waals surface area contributed by atoms with Crippen LogP contribution in [0.25, 0.3) is 0 Å². The lowest BCUT2D eigenvalue weighted by molar-refractivity contribution is 0.340. The number of hydrogen-bond acceptors (Lipinski definition) is 3. The fourth-order valence-corrected chi connectivity index (χ4v) is 2.65. The van der Waals surface area contributed by atoms with E-state index in [1.807, 2.05) is 49.4 Å². The molecule has 0 bridgehead atoms. The van der Waals surface area contributed by atoms with Crippen LogP contribution >= 0.6 is 15.9 Å². The van der Waals surface area contributed by atoms with Crippen LogP contribution in [0.5, 0.6) is 11.5 Å². The number of methoxy groups -OCH3 is 1. The first kappa shape index (κ1) is 15.9. The van der Waals surface area contributed by atoms with Gasteiger partial charge in [-0.1, -0.05) is 28.1 Å². The van der Waals surface area contributed by atoms with E-state index < -0.39 is 0 Å². The molecule has 21 heavy (non-hydrogen) atoms. The van der Waals surface area contributed by atoms with Crippen LogP contribution < -0.4 is 15.2 Å². The summed E-state index contributed by atoms with van der Waals surface area (Å²) in [6.45, 7) is 2.64. The maximum atomic E-state index is 6.31. The van der Waals surface area contributed by atoms with E-state index in [1.165, 1.54) is 0 Å². The molecule has 1 unspecified atom stereocenters. The number of nitrogens with two attached hydrogens (primary N) is 1. The standard InChI is InChI=1S/C17H20BrNO2/c1-3-21-15-7-4-12(5-8-15)16(19)11-13-10-14(18)6-9-17(13)20-2/h4-10,16H,3,11,19H2,1-2H3. The third-order valence-electron chi connectivity index (χ3n) is 3.30. The molecule has 0 saturated carbocycles. The second kappa shape index (κ2) is 7.48. The fraction of sp³-hybridized carbons (Fsp3) is 0.294. The highest BCUT2D eigenvalue weighted by atomic mass is 79.9. The van der Waals surface area contributed by atoms with Crippen LogP contribution in [0.2, 0.25) is 0 Å². The number of ether oxygens (including phenoxy) is 2. The van der Waals surface area contributed by atoms with Crippen molar-refractivity contribution in [3.63, 3.8) is 0 Å². The third kappa shape index (κ3) is 4.22. The van der Waals surface area contributed by atoms with Crippen LogP contribution in [0.3, 0.4) is 0 Å². The molecule has 0 aromatic heterocycles. The summed E-state index contributed by atoms with van der Waals surface area (Å²) in [7, 11) is 1.68. The molecule has 112 valence electrons. The van der Waals surface area contributed by atoms with Crippen LogP contribution in [-0.2, 0) is 6.42 Å². The van der Waals surface area contributed by atoms with Crippen molar-refractivity contribution in [2.45, 2.75) is 19.4 Å². The van der Waals surface area contributed by atoms with Gasteiger partial charge in [-0.05, 0) is 54.8 Å². The highest BCUT2D eigenvalue weighted by molar-refractivity contribution is 9.10. The topological polar surface area (TPSA) is 44.5 Å². The summed E-state index contributed by atoms with van der Waals surface area (Å²) in [6, 6.07) is 13.8. The van der Waals surface area contributed by atoms with Crippen LogP contribution in [-0.4, -0.2) is 13.7 Å². The number of rotatable bonds is 6. The zero-order valence-corrected chi connectivity index (χ0v) is 13.9. The Bertz CT molecular complexity index is 584. The van der Waals surface area contributed by atoms with Gasteiger partial charge in [-0.15, -0.1) is 0 Å². The lowest BCUT2D eigenvalue weighted by atomic mass is 9.99. The van der Waals surface area contributed by atoms with Gasteiger partial charge in [0, 0.05) is 10.5 Å². The zero-order valence-electron chi connectivity index (χ0n) is 12.3. The first-order valence-electron chi connectivity index (χ1n) is 6.94. The van der Waals surface area contributed by atoms with Crippen molar-refractivity contribution in [1.29, 1.82) is 0 Å². The third-order valence-corrected chi connectivity index (χ3v) is 3.79. The lowest BCUT2D eigenvalue weighted by Crippen LogP contribution is -2.14. The molecule has 0 aliphatic rings. The molecule has 0 aliphatic carbocycles. The quantitative estimate of drug-likeness (QED) is 0.853. The van der Waals surface area contributed by atoms with Crippen molar-refractivity contribution in [2.24, 2.45) is 5.73 Å². The Labute approximate surface area is 134 Å². The molecular formula is C17H20BrNO2. The van der Waals surface area contributed by atoms with Gasteiger partial charge >= 0.3 is 0 Å². The van der Waals surface area contributed by atoms with E-state index in [1.54, 1.807) is 7.11 Å². The van der Waals surface area contributed by atoms with Gasteiger partial charge in [0.2, 0.25) is 0 Å². The Kier molecular flexibility index (Phi) is 5.65. The maximum Gasteiger partial charge on any atom is 0.122 e. The average molecular weight is 350 g/mol. The van der Waals surface area contributed by atoms with Crippen molar-refractivity contribution >= 4 is 15.9 Å². The van der Waals surface area contributed by atoms with Crippen molar-refractivity contribution < 1.29 is 9.47 Å². The molecule has 0 spiro atoms. The highest BCUT2D eigenvalue weighted by Gasteiger charge is 2.11. The van der Waals surface area contributed by atoms with E-state index in [2.05, 4.69) is 15.9 Å². The number of hydrogen-bond donors (Lipinski definition) is 1. The number of benzene rings is 2. The van der Waals surface area contributed by atoms with E-state index in [0.717, 1.165) is 33.5 Å². The van der Waals surface area contributed by atoms with Crippen molar-refractivity contribution in [1.82, 2.24) is 0 Å². The molecule has 2 rings (SSSR count). The smallest absolute Gasteiger partial charge is 0.122 e. The second-order valence-electron chi connectivity index (χ2n) is 4.77. The molecule has 4 heteroatoms. The first-order chi connectivity index (χ1) is 10.1. The van der Waals surface area contributed by atoms with E-state index in [9.17, 15) is 0 Å². The Hall–Kier alpha value is -1.52. The largest absolute Gasteiger partial charge is 0.496 e. The van der Waals surface area contributed by atoms with Gasteiger partial charge in [0.1, 0.15) is 11.5 Å². The zero-order chi connectivity index (χ0) is 15.2. The Morgan fingerprint density at radius 1 is 1.14 bits per heavy atom. The molecule has 1 atom stereocenters. The van der Waals surface area contributed by atoms with Crippen LogP contribution in [0, 0.1) is 0 Å². The maximum absolute atomic E-state index is 6.31. The van der Waals surface area contributed by atoms with E-state index in [4.69, 9.17) is 15.2 Å². The van der Waals surface area contributed by atoms with Gasteiger partial charge in [-0.25, -0.2) is 0 Å². The molecule has 0 heterocycles. The number of halogens is 1. The summed E-state index contributed by atoms with van der Waals surface area (Å²) in [5, 5.41) is 0. The monoisotopic (exact) mass is 349 g/mol. The van der Waals surface area contributed by atoms with E-state index in [0.29, 0.717) is 6.61 Å². The van der Waals surface area contributed by atoms with E-state index in [-0.39, 0.29) is 6.04 Å². The summed E-state index contributed by atoms with van der Waals surface area (Å²) in [5.74, 6) is 1.73. The van der Waals surface area contributed by atoms with Gasteiger partial charge in [-0.2, -0.15) is 0 Å². The minimum absolute atomic E-state index is 0.0797. The minimum atomic E-state index is -0.0797. The van der Waals surface area contributed by atoms with Crippen LogP contribution in [0.15, 0.2) is 46.9 Å². The summed E-state index contributed by atoms with van der Waals surface area (Å²) in [4.78, 5) is 0. The van der Waals surface area contributed by atoms with Gasteiger partial charge in [0.15, 0.2) is 0 Å². The molecule has 2 aromatic rings. The predicted octanol–water partition coefficient (Wildman–Crippen LogP) is 4.10. The van der Waals surface area contributed by atoms with Gasteiger partial charge in [0.05, 0.1) is 13.7 Å². The SMILES string of the molecule is CCOc1ccc(C(N)Cc2cc(Br)ccc2OC)cc1. The van der Waals surface area contributed by atoms with Gasteiger partial charge in [0.25, 0.3) is 0 Å². The van der Waals surface area contributed by atoms with Crippen LogP contribution in [0.4, 0.5) is 0 Å². The summed E-state index contributed by atoms with van der Waals surface area (Å²) in [6.07, 6.45) is 0.719. The Morgan fingerprint density at radius 2 is 1.86 bits per heavy atom. The fourth-order valence-electron chi connectivity index (χ4n) is 2.24. The molecule has 0 amide bonds.